The Bertz CT molecular complexity index is 436. The van der Waals surface area contributed by atoms with Gasteiger partial charge in [-0.3, -0.25) is 4.79 Å². The van der Waals surface area contributed by atoms with Gasteiger partial charge < -0.3 is 11.1 Å². The van der Waals surface area contributed by atoms with E-state index < -0.39 is 0 Å². The van der Waals surface area contributed by atoms with Gasteiger partial charge in [0.1, 0.15) is 0 Å². The maximum atomic E-state index is 12.0. The molecule has 2 unspecified atom stereocenters. The Kier molecular flexibility index (Phi) is 8.30. The average Bonchev–Trinajstić information content (AvgIpc) is 2.85. The molecule has 1 aromatic heterocycles. The first kappa shape index (κ1) is 18.5. The largest absolute Gasteiger partial charge is 0.353 e. The summed E-state index contributed by atoms with van der Waals surface area (Å²) in [6, 6.07) is 4.63. The molecule has 3 nitrogen and oxygen atoms in total. The molecule has 1 fully saturated rings. The lowest BCUT2D eigenvalue weighted by molar-refractivity contribution is -0.122. The Balaban J connectivity index is 0.00000220. The summed E-state index contributed by atoms with van der Waals surface area (Å²) in [4.78, 5) is 14.7. The van der Waals surface area contributed by atoms with E-state index >= 15 is 0 Å². The van der Waals surface area contributed by atoms with E-state index in [-0.39, 0.29) is 18.3 Å². The lowest BCUT2D eigenvalue weighted by atomic mass is 9.84. The third-order valence-electron chi connectivity index (χ3n) is 4.18. The molecule has 1 amide bonds. The summed E-state index contributed by atoms with van der Waals surface area (Å²) in [6.45, 7) is 2.82. The van der Waals surface area contributed by atoms with Crippen LogP contribution in [0.25, 0.3) is 0 Å². The zero-order valence-corrected chi connectivity index (χ0v) is 14.4. The van der Waals surface area contributed by atoms with Crippen LogP contribution in [0, 0.1) is 12.8 Å². The molecule has 1 saturated carbocycles. The van der Waals surface area contributed by atoms with E-state index in [1.54, 1.807) is 0 Å². The Hall–Kier alpha value is -0.580. The average molecular weight is 331 g/mol. The Labute approximate surface area is 138 Å². The third kappa shape index (κ3) is 5.97. The highest BCUT2D eigenvalue weighted by Crippen LogP contribution is 2.23. The van der Waals surface area contributed by atoms with Crippen LogP contribution in [0.15, 0.2) is 12.1 Å². The van der Waals surface area contributed by atoms with E-state index in [1.807, 2.05) is 11.3 Å². The third-order valence-corrected chi connectivity index (χ3v) is 5.24. The fourth-order valence-corrected chi connectivity index (χ4v) is 3.93. The van der Waals surface area contributed by atoms with Crippen molar-refractivity contribution in [3.63, 3.8) is 0 Å². The molecule has 5 heteroatoms. The number of nitrogens with two attached hydrogens (primary N) is 1. The monoisotopic (exact) mass is 330 g/mol. The lowest BCUT2D eigenvalue weighted by Crippen LogP contribution is -2.44. The van der Waals surface area contributed by atoms with Crippen LogP contribution < -0.4 is 11.1 Å². The van der Waals surface area contributed by atoms with Gasteiger partial charge in [-0.15, -0.1) is 23.7 Å². The van der Waals surface area contributed by atoms with Crippen molar-refractivity contribution in [2.45, 2.75) is 57.9 Å². The highest BCUT2D eigenvalue weighted by molar-refractivity contribution is 7.11. The van der Waals surface area contributed by atoms with E-state index in [0.29, 0.717) is 24.9 Å². The molecule has 1 aliphatic rings. The molecule has 0 bridgehead atoms. The zero-order valence-electron chi connectivity index (χ0n) is 12.8. The van der Waals surface area contributed by atoms with Gasteiger partial charge in [-0.2, -0.15) is 0 Å². The van der Waals surface area contributed by atoms with Crippen LogP contribution in [0.5, 0.6) is 0 Å². The van der Waals surface area contributed by atoms with Crippen LogP contribution in [0.4, 0.5) is 0 Å². The normalized spacial score (nSPS) is 21.6. The zero-order chi connectivity index (χ0) is 14.4. The number of carbonyl (C=O) groups is 1. The predicted octanol–water partition coefficient (Wildman–Crippen LogP) is 3.43. The molecule has 120 valence electrons. The summed E-state index contributed by atoms with van der Waals surface area (Å²) in [5, 5.41) is 3.20. The van der Waals surface area contributed by atoms with Gasteiger partial charge >= 0.3 is 0 Å². The van der Waals surface area contributed by atoms with E-state index in [2.05, 4.69) is 24.4 Å². The van der Waals surface area contributed by atoms with Gasteiger partial charge in [0.05, 0.1) is 0 Å². The molecule has 0 aromatic carbocycles. The van der Waals surface area contributed by atoms with Crippen LogP contribution in [-0.2, 0) is 11.2 Å². The molecule has 0 radical (unpaired) electrons. The minimum atomic E-state index is 0. The number of thiophene rings is 1. The molecule has 0 spiro atoms. The van der Waals surface area contributed by atoms with Gasteiger partial charge in [-0.1, -0.05) is 12.8 Å². The summed E-state index contributed by atoms with van der Waals surface area (Å²) >= 11 is 1.83. The van der Waals surface area contributed by atoms with E-state index in [1.165, 1.54) is 22.6 Å². The van der Waals surface area contributed by atoms with E-state index in [4.69, 9.17) is 5.73 Å². The van der Waals surface area contributed by atoms with Crippen molar-refractivity contribution in [2.24, 2.45) is 11.7 Å². The highest BCUT2D eigenvalue weighted by atomic mass is 35.5. The number of hydrogen-bond donors (Lipinski definition) is 2. The molecule has 2 rings (SSSR count). The van der Waals surface area contributed by atoms with Gasteiger partial charge in [-0.25, -0.2) is 0 Å². The van der Waals surface area contributed by atoms with Crippen LogP contribution in [0.3, 0.4) is 0 Å². The molecule has 0 aliphatic heterocycles. The van der Waals surface area contributed by atoms with Crippen molar-refractivity contribution in [1.82, 2.24) is 5.32 Å². The summed E-state index contributed by atoms with van der Waals surface area (Å²) in [5.74, 6) is 0.677. The van der Waals surface area contributed by atoms with Gasteiger partial charge in [0.15, 0.2) is 0 Å². The smallest absolute Gasteiger partial charge is 0.220 e. The number of halogens is 1. The molecule has 1 aliphatic carbocycles. The van der Waals surface area contributed by atoms with Crippen molar-refractivity contribution in [2.75, 3.05) is 6.54 Å². The molecule has 2 atom stereocenters. The SMILES string of the molecule is Cc1ccc(CCCC(=O)NC2CCCCC2CN)s1.Cl. The minimum Gasteiger partial charge on any atom is -0.353 e. The van der Waals surface area contributed by atoms with Crippen molar-refractivity contribution in [3.05, 3.63) is 21.9 Å². The van der Waals surface area contributed by atoms with Gasteiger partial charge in [0.25, 0.3) is 0 Å². The number of amides is 1. The standard InChI is InChI=1S/C16H26N2OS.ClH/c1-12-9-10-14(20-12)6-4-8-16(19)18-15-7-3-2-5-13(15)11-17;/h9-10,13,15H,2-8,11,17H2,1H3,(H,18,19);1H. The first-order chi connectivity index (χ1) is 9.69. The second-order valence-electron chi connectivity index (χ2n) is 5.82. The lowest BCUT2D eigenvalue weighted by Gasteiger charge is -2.31. The van der Waals surface area contributed by atoms with Crippen molar-refractivity contribution in [3.8, 4) is 0 Å². The maximum absolute atomic E-state index is 12.0. The summed E-state index contributed by atoms with van der Waals surface area (Å²) in [6.07, 6.45) is 7.31. The van der Waals surface area contributed by atoms with Gasteiger partial charge in [0, 0.05) is 22.2 Å². The van der Waals surface area contributed by atoms with E-state index in [9.17, 15) is 4.79 Å². The molecule has 1 heterocycles. The van der Waals surface area contributed by atoms with Crippen molar-refractivity contribution < 1.29 is 4.79 Å². The Morgan fingerprint density at radius 3 is 2.81 bits per heavy atom. The van der Waals surface area contributed by atoms with Gasteiger partial charge in [-0.05, 0) is 57.2 Å². The molecular weight excluding hydrogens is 304 g/mol. The summed E-state index contributed by atoms with van der Waals surface area (Å²) in [5.41, 5.74) is 5.80. The first-order valence-corrected chi connectivity index (χ1v) is 8.55. The fourth-order valence-electron chi connectivity index (χ4n) is 3.00. The Morgan fingerprint density at radius 2 is 2.14 bits per heavy atom. The summed E-state index contributed by atoms with van der Waals surface area (Å²) < 4.78 is 0. The van der Waals surface area contributed by atoms with Crippen LogP contribution in [-0.4, -0.2) is 18.5 Å². The number of nitrogens with one attached hydrogen (secondary N) is 1. The second kappa shape index (κ2) is 9.44. The Morgan fingerprint density at radius 1 is 1.38 bits per heavy atom. The van der Waals surface area contributed by atoms with Crippen molar-refractivity contribution in [1.29, 1.82) is 0 Å². The van der Waals surface area contributed by atoms with Crippen molar-refractivity contribution >= 4 is 29.7 Å². The first-order valence-electron chi connectivity index (χ1n) is 7.74. The molecule has 3 N–H and O–H groups in total. The van der Waals surface area contributed by atoms with E-state index in [0.717, 1.165) is 25.7 Å². The fraction of sp³-hybridized carbons (Fsp3) is 0.688. The predicted molar refractivity (Wildman–Crippen MR) is 92.2 cm³/mol. The number of hydrogen-bond acceptors (Lipinski definition) is 3. The topological polar surface area (TPSA) is 55.1 Å². The van der Waals surface area contributed by atoms with Gasteiger partial charge in [0.2, 0.25) is 5.91 Å². The van der Waals surface area contributed by atoms with Crippen LogP contribution in [0.1, 0.15) is 48.3 Å². The number of carbonyl (C=O) groups excluding carboxylic acids is 1. The van der Waals surface area contributed by atoms with Crippen LogP contribution >= 0.6 is 23.7 Å². The quantitative estimate of drug-likeness (QED) is 0.839. The molecule has 0 saturated heterocycles. The highest BCUT2D eigenvalue weighted by Gasteiger charge is 2.24. The second-order valence-corrected chi connectivity index (χ2v) is 7.19. The summed E-state index contributed by atoms with van der Waals surface area (Å²) in [7, 11) is 0. The number of aryl methyl sites for hydroxylation is 2. The molecule has 21 heavy (non-hydrogen) atoms. The van der Waals surface area contributed by atoms with Crippen LogP contribution in [0.2, 0.25) is 0 Å². The maximum Gasteiger partial charge on any atom is 0.220 e. The molecular formula is C16H27ClN2OS. The number of rotatable bonds is 6. The molecule has 1 aromatic rings. The minimum absolute atomic E-state index is 0.